The Labute approximate surface area is 151 Å². The van der Waals surface area contributed by atoms with E-state index in [0.717, 1.165) is 12.1 Å². The molecule has 0 spiro atoms. The molecule has 0 radical (unpaired) electrons. The second-order valence-electron chi connectivity index (χ2n) is 5.03. The number of aromatic nitrogens is 2. The number of nitrogens with zero attached hydrogens (tertiary/aromatic N) is 2. The first-order chi connectivity index (χ1) is 12.5. The number of carbonyl (C=O) groups is 2. The lowest BCUT2D eigenvalue weighted by Crippen LogP contribution is -2.21. The van der Waals surface area contributed by atoms with Crippen molar-refractivity contribution in [2.24, 2.45) is 0 Å². The average molecular weight is 376 g/mol. The van der Waals surface area contributed by atoms with E-state index in [9.17, 15) is 14.0 Å². The lowest BCUT2D eigenvalue weighted by Gasteiger charge is -2.05. The number of halogens is 2. The molecule has 0 saturated carbocycles. The Morgan fingerprint density at radius 2 is 1.92 bits per heavy atom. The van der Waals surface area contributed by atoms with Crippen molar-refractivity contribution in [3.05, 3.63) is 64.9 Å². The summed E-state index contributed by atoms with van der Waals surface area (Å²) in [6.45, 7) is -0.602. The summed E-state index contributed by atoms with van der Waals surface area (Å²) in [5.74, 6) is -1.90. The fourth-order valence-corrected chi connectivity index (χ4v) is 2.23. The highest BCUT2D eigenvalue weighted by Gasteiger charge is 2.16. The minimum atomic E-state index is -0.861. The Morgan fingerprint density at radius 3 is 2.65 bits per heavy atom. The zero-order chi connectivity index (χ0) is 18.5. The van der Waals surface area contributed by atoms with E-state index in [2.05, 4.69) is 15.5 Å². The van der Waals surface area contributed by atoms with Crippen molar-refractivity contribution < 1.29 is 23.1 Å². The molecule has 9 heteroatoms. The molecule has 0 saturated heterocycles. The molecule has 0 fully saturated rings. The summed E-state index contributed by atoms with van der Waals surface area (Å²) < 4.78 is 23.1. The van der Waals surface area contributed by atoms with Gasteiger partial charge in [-0.25, -0.2) is 9.18 Å². The van der Waals surface area contributed by atoms with E-state index >= 15 is 0 Å². The van der Waals surface area contributed by atoms with E-state index in [0.29, 0.717) is 5.56 Å². The first-order valence-corrected chi connectivity index (χ1v) is 7.71. The standard InChI is InChI=1S/C17H11ClFN3O4/c18-13-8-11(19)6-7-12(13)16(24)25-9-14(23)20-17-22-21-15(26-17)10-4-2-1-3-5-10/h1-8H,9H2,(H,20,22,23). The van der Waals surface area contributed by atoms with Crippen LogP contribution >= 0.6 is 11.6 Å². The van der Waals surface area contributed by atoms with E-state index < -0.39 is 24.3 Å². The van der Waals surface area contributed by atoms with Crippen LogP contribution in [0.5, 0.6) is 0 Å². The second kappa shape index (κ2) is 7.75. The van der Waals surface area contributed by atoms with Crippen LogP contribution in [0.25, 0.3) is 11.5 Å². The summed E-state index contributed by atoms with van der Waals surface area (Å²) in [6, 6.07) is 12.1. The third-order valence-electron chi connectivity index (χ3n) is 3.18. The maximum Gasteiger partial charge on any atom is 0.340 e. The number of rotatable bonds is 5. The SMILES string of the molecule is O=C(COC(=O)c1ccc(F)cc1Cl)Nc1nnc(-c2ccccc2)o1. The van der Waals surface area contributed by atoms with E-state index in [1.54, 1.807) is 24.3 Å². The Morgan fingerprint density at radius 1 is 1.15 bits per heavy atom. The molecule has 2 aromatic carbocycles. The van der Waals surface area contributed by atoms with Gasteiger partial charge in [0.15, 0.2) is 6.61 Å². The summed E-state index contributed by atoms with van der Waals surface area (Å²) in [4.78, 5) is 23.7. The van der Waals surface area contributed by atoms with Gasteiger partial charge < -0.3 is 9.15 Å². The number of hydrogen-bond acceptors (Lipinski definition) is 6. The van der Waals surface area contributed by atoms with Crippen LogP contribution in [0, 0.1) is 5.82 Å². The van der Waals surface area contributed by atoms with Crippen molar-refractivity contribution in [3.8, 4) is 11.5 Å². The van der Waals surface area contributed by atoms with Crippen LogP contribution in [0.2, 0.25) is 5.02 Å². The molecular weight excluding hydrogens is 365 g/mol. The normalized spacial score (nSPS) is 10.4. The quantitative estimate of drug-likeness (QED) is 0.687. The van der Waals surface area contributed by atoms with E-state index in [1.165, 1.54) is 6.07 Å². The number of benzene rings is 2. The van der Waals surface area contributed by atoms with Gasteiger partial charge in [0, 0.05) is 5.56 Å². The van der Waals surface area contributed by atoms with E-state index in [1.807, 2.05) is 6.07 Å². The van der Waals surface area contributed by atoms with Gasteiger partial charge in [0.2, 0.25) is 5.89 Å². The minimum absolute atomic E-state index is 0.0509. The first-order valence-electron chi connectivity index (χ1n) is 7.34. The Bertz CT molecular complexity index is 946. The largest absolute Gasteiger partial charge is 0.452 e. The molecule has 0 bridgehead atoms. The Balaban J connectivity index is 1.56. The Kier molecular flexibility index (Phi) is 5.23. The van der Waals surface area contributed by atoms with Gasteiger partial charge in [-0.15, -0.1) is 5.10 Å². The van der Waals surface area contributed by atoms with Crippen LogP contribution in [-0.4, -0.2) is 28.7 Å². The van der Waals surface area contributed by atoms with Crippen molar-refractivity contribution >= 4 is 29.5 Å². The zero-order valence-electron chi connectivity index (χ0n) is 13.1. The van der Waals surface area contributed by atoms with Crippen LogP contribution in [0.3, 0.4) is 0 Å². The molecule has 1 N–H and O–H groups in total. The molecular formula is C17H11ClFN3O4. The van der Waals surface area contributed by atoms with Gasteiger partial charge in [0.05, 0.1) is 10.6 Å². The molecule has 0 aliphatic rings. The maximum absolute atomic E-state index is 13.0. The molecule has 132 valence electrons. The molecule has 1 heterocycles. The van der Waals surface area contributed by atoms with Gasteiger partial charge in [-0.1, -0.05) is 34.9 Å². The number of nitrogens with one attached hydrogen (secondary N) is 1. The van der Waals surface area contributed by atoms with Gasteiger partial charge in [0.1, 0.15) is 5.82 Å². The van der Waals surface area contributed by atoms with Crippen LogP contribution in [0.15, 0.2) is 52.9 Å². The summed E-state index contributed by atoms with van der Waals surface area (Å²) in [7, 11) is 0. The highest BCUT2D eigenvalue weighted by Crippen LogP contribution is 2.20. The molecule has 1 amide bonds. The van der Waals surface area contributed by atoms with E-state index in [4.69, 9.17) is 20.8 Å². The number of carbonyl (C=O) groups excluding carboxylic acids is 2. The lowest BCUT2D eigenvalue weighted by atomic mass is 10.2. The Hall–Kier alpha value is -3.26. The first kappa shape index (κ1) is 17.6. The fraction of sp³-hybridized carbons (Fsp3) is 0.0588. The van der Waals surface area contributed by atoms with Crippen LogP contribution in [0.4, 0.5) is 10.4 Å². The number of amides is 1. The smallest absolute Gasteiger partial charge is 0.340 e. The van der Waals surface area contributed by atoms with Crippen molar-refractivity contribution in [2.45, 2.75) is 0 Å². The van der Waals surface area contributed by atoms with Crippen molar-refractivity contribution in [1.29, 1.82) is 0 Å². The van der Waals surface area contributed by atoms with Crippen LogP contribution in [0.1, 0.15) is 10.4 Å². The molecule has 0 atom stereocenters. The maximum atomic E-state index is 13.0. The number of ether oxygens (including phenoxy) is 1. The second-order valence-corrected chi connectivity index (χ2v) is 5.43. The highest BCUT2D eigenvalue weighted by atomic mass is 35.5. The zero-order valence-corrected chi connectivity index (χ0v) is 13.9. The summed E-state index contributed by atoms with van der Waals surface area (Å²) in [6.07, 6.45) is 0. The molecule has 1 aromatic heterocycles. The van der Waals surface area contributed by atoms with Crippen molar-refractivity contribution in [3.63, 3.8) is 0 Å². The number of hydrogen-bond donors (Lipinski definition) is 1. The third kappa shape index (κ3) is 4.22. The third-order valence-corrected chi connectivity index (χ3v) is 3.49. The van der Waals surface area contributed by atoms with Crippen LogP contribution < -0.4 is 5.32 Å². The number of esters is 1. The molecule has 3 rings (SSSR count). The van der Waals surface area contributed by atoms with Gasteiger partial charge >= 0.3 is 12.0 Å². The van der Waals surface area contributed by atoms with Crippen LogP contribution in [-0.2, 0) is 9.53 Å². The molecule has 26 heavy (non-hydrogen) atoms. The summed E-state index contributed by atoms with van der Waals surface area (Å²) >= 11 is 5.76. The molecule has 3 aromatic rings. The lowest BCUT2D eigenvalue weighted by molar-refractivity contribution is -0.119. The predicted octanol–water partition coefficient (Wildman–Crippen LogP) is 3.32. The molecule has 0 unspecified atom stereocenters. The molecule has 0 aliphatic carbocycles. The van der Waals surface area contributed by atoms with Gasteiger partial charge in [-0.2, -0.15) is 0 Å². The highest BCUT2D eigenvalue weighted by molar-refractivity contribution is 6.33. The topological polar surface area (TPSA) is 94.3 Å². The number of anilines is 1. The van der Waals surface area contributed by atoms with Gasteiger partial charge in [-0.3, -0.25) is 10.1 Å². The van der Waals surface area contributed by atoms with Gasteiger partial charge in [0.25, 0.3) is 5.91 Å². The summed E-state index contributed by atoms with van der Waals surface area (Å²) in [5.41, 5.74) is 0.642. The summed E-state index contributed by atoms with van der Waals surface area (Å²) in [5, 5.41) is 9.70. The van der Waals surface area contributed by atoms with Gasteiger partial charge in [-0.05, 0) is 30.3 Å². The molecule has 0 aliphatic heterocycles. The van der Waals surface area contributed by atoms with Crippen molar-refractivity contribution in [1.82, 2.24) is 10.2 Å². The monoisotopic (exact) mass is 375 g/mol. The minimum Gasteiger partial charge on any atom is -0.452 e. The average Bonchev–Trinajstić information content (AvgIpc) is 3.09. The van der Waals surface area contributed by atoms with E-state index in [-0.39, 0.29) is 22.5 Å². The predicted molar refractivity (Wildman–Crippen MR) is 90.1 cm³/mol. The fourth-order valence-electron chi connectivity index (χ4n) is 1.99. The van der Waals surface area contributed by atoms with Crippen molar-refractivity contribution in [2.75, 3.05) is 11.9 Å². The molecule has 7 nitrogen and oxygen atoms in total.